The molecule has 0 bridgehead atoms. The van der Waals surface area contributed by atoms with Gasteiger partial charge in [0, 0.05) is 73.3 Å². The summed E-state index contributed by atoms with van der Waals surface area (Å²) in [7, 11) is -2.80. The molecule has 7 rings (SSSR count). The van der Waals surface area contributed by atoms with Crippen LogP contribution in [-0.4, -0.2) is 106 Å². The second kappa shape index (κ2) is 20.0. The van der Waals surface area contributed by atoms with E-state index in [1.54, 1.807) is 36.0 Å². The van der Waals surface area contributed by atoms with Gasteiger partial charge in [-0.2, -0.15) is 0 Å². The summed E-state index contributed by atoms with van der Waals surface area (Å²) in [4.78, 5) is 45.6. The number of sulfonamides is 1. The van der Waals surface area contributed by atoms with Crippen molar-refractivity contribution in [1.82, 2.24) is 14.5 Å². The summed E-state index contributed by atoms with van der Waals surface area (Å²) in [6.07, 6.45) is 2.86. The Labute approximate surface area is 360 Å². The summed E-state index contributed by atoms with van der Waals surface area (Å²) < 4.78 is 35.0. The van der Waals surface area contributed by atoms with E-state index in [0.717, 1.165) is 66.6 Å². The molecule has 1 atom stereocenters. The molecular weight excluding hydrogens is 813 g/mol. The van der Waals surface area contributed by atoms with E-state index in [1.165, 1.54) is 5.57 Å². The lowest BCUT2D eigenvalue weighted by Gasteiger charge is -2.35. The maximum atomic E-state index is 13.7. The van der Waals surface area contributed by atoms with Crippen molar-refractivity contribution in [3.05, 3.63) is 166 Å². The highest BCUT2D eigenvalue weighted by molar-refractivity contribution is 7.99. The van der Waals surface area contributed by atoms with Gasteiger partial charge in [0.1, 0.15) is 12.3 Å². The zero-order valence-electron chi connectivity index (χ0n) is 33.8. The number of benzene rings is 5. The number of likely N-dealkylation sites (N-methyl/N-ethyl adjacent to an activating group) is 1. The fourth-order valence-corrected chi connectivity index (χ4v) is 9.31. The Balaban J connectivity index is 1.03. The number of hydrogen-bond donors (Lipinski definition) is 2. The lowest BCUT2D eigenvalue weighted by molar-refractivity contribution is -0.384. The lowest BCUT2D eigenvalue weighted by Crippen LogP contribution is -2.46. The molecule has 2 heterocycles. The van der Waals surface area contributed by atoms with Crippen LogP contribution in [-0.2, 0) is 14.8 Å². The van der Waals surface area contributed by atoms with Gasteiger partial charge in [0.25, 0.3) is 21.6 Å². The SMILES string of the molecule is CN1CCOC(=O)c2cc(S(=O)(=O)NC(=O)c3ccc(N4CCN(CC=C(c5ccccc5)c5ccccc5)CC4)cc3)cc([N+](=O)[O-])c2NC(CSc2ccccc2)CC1. The summed E-state index contributed by atoms with van der Waals surface area (Å²) in [5.41, 5.74) is 3.41. The number of hydrogen-bond acceptors (Lipinski definition) is 12. The Bertz CT molecular complexity index is 2410. The summed E-state index contributed by atoms with van der Waals surface area (Å²) in [5, 5.41) is 15.7. The molecule has 1 saturated heterocycles. The van der Waals surface area contributed by atoms with Crippen LogP contribution in [0.1, 0.15) is 38.3 Å². The third-order valence-electron chi connectivity index (χ3n) is 10.7. The van der Waals surface area contributed by atoms with Gasteiger partial charge in [0.05, 0.1) is 15.4 Å². The van der Waals surface area contributed by atoms with Crippen molar-refractivity contribution in [3.63, 3.8) is 0 Å². The highest BCUT2D eigenvalue weighted by atomic mass is 32.2. The summed E-state index contributed by atoms with van der Waals surface area (Å²) in [6, 6.07) is 38.6. The van der Waals surface area contributed by atoms with Gasteiger partial charge in [-0.1, -0.05) is 84.9 Å². The normalized spacial score (nSPS) is 16.6. The monoisotopic (exact) mass is 860 g/mol. The van der Waals surface area contributed by atoms with E-state index in [9.17, 15) is 28.1 Å². The zero-order chi connectivity index (χ0) is 42.8. The zero-order valence-corrected chi connectivity index (χ0v) is 35.4. The Hall–Kier alpha value is -6.00. The molecule has 15 heteroatoms. The van der Waals surface area contributed by atoms with Crippen LogP contribution >= 0.6 is 11.8 Å². The van der Waals surface area contributed by atoms with Crippen LogP contribution in [0, 0.1) is 10.1 Å². The second-order valence-electron chi connectivity index (χ2n) is 14.9. The van der Waals surface area contributed by atoms with Crippen LogP contribution in [0.25, 0.3) is 5.57 Å². The number of nitro groups is 1. The first kappa shape index (κ1) is 43.1. The second-order valence-corrected chi connectivity index (χ2v) is 17.7. The molecule has 13 nitrogen and oxygen atoms in total. The highest BCUT2D eigenvalue weighted by Crippen LogP contribution is 2.35. The van der Waals surface area contributed by atoms with Crippen LogP contribution < -0.4 is 14.9 Å². The molecule has 2 N–H and O–H groups in total. The number of amides is 1. The number of rotatable bonds is 12. The van der Waals surface area contributed by atoms with E-state index in [-0.39, 0.29) is 29.5 Å². The first-order valence-electron chi connectivity index (χ1n) is 20.1. The molecule has 0 aliphatic carbocycles. The molecule has 61 heavy (non-hydrogen) atoms. The van der Waals surface area contributed by atoms with Crippen molar-refractivity contribution in [3.8, 4) is 0 Å². The average Bonchev–Trinajstić information content (AvgIpc) is 3.30. The first-order chi connectivity index (χ1) is 29.5. The van der Waals surface area contributed by atoms with Crippen molar-refractivity contribution in [2.24, 2.45) is 0 Å². The lowest BCUT2D eigenvalue weighted by atomic mass is 9.97. The van der Waals surface area contributed by atoms with Gasteiger partial charge in [0.15, 0.2) is 0 Å². The largest absolute Gasteiger partial charge is 0.461 e. The quantitative estimate of drug-likeness (QED) is 0.0573. The van der Waals surface area contributed by atoms with E-state index >= 15 is 0 Å². The number of anilines is 2. The minimum atomic E-state index is -4.69. The minimum Gasteiger partial charge on any atom is -0.461 e. The molecule has 5 aromatic carbocycles. The topological polar surface area (TPSA) is 154 Å². The minimum absolute atomic E-state index is 0.00685. The molecule has 2 aliphatic heterocycles. The van der Waals surface area contributed by atoms with Crippen LogP contribution in [0.3, 0.4) is 0 Å². The fraction of sp³-hybridized carbons (Fsp3) is 0.261. The van der Waals surface area contributed by atoms with Crippen molar-refractivity contribution in [2.75, 3.05) is 75.4 Å². The average molecular weight is 861 g/mol. The number of nitrogens with zero attached hydrogens (tertiary/aromatic N) is 4. The Kier molecular flexibility index (Phi) is 14.2. The number of esters is 1. The molecule has 1 fully saturated rings. The predicted octanol–water partition coefficient (Wildman–Crippen LogP) is 7.03. The van der Waals surface area contributed by atoms with E-state index in [2.05, 4.69) is 45.5 Å². The number of cyclic esters (lactones) is 1. The van der Waals surface area contributed by atoms with Crippen LogP contribution in [0.5, 0.6) is 0 Å². The summed E-state index contributed by atoms with van der Waals surface area (Å²) in [6.45, 7) is 4.99. The van der Waals surface area contributed by atoms with Crippen LogP contribution in [0.4, 0.5) is 17.1 Å². The maximum absolute atomic E-state index is 13.7. The van der Waals surface area contributed by atoms with E-state index in [4.69, 9.17) is 4.74 Å². The Morgan fingerprint density at radius 1 is 0.852 bits per heavy atom. The van der Waals surface area contributed by atoms with Crippen LogP contribution in [0.15, 0.2) is 143 Å². The van der Waals surface area contributed by atoms with Gasteiger partial charge in [-0.15, -0.1) is 11.8 Å². The summed E-state index contributed by atoms with van der Waals surface area (Å²) in [5.74, 6) is -1.33. The first-order valence-corrected chi connectivity index (χ1v) is 22.6. The molecule has 0 radical (unpaired) electrons. The van der Waals surface area contributed by atoms with Gasteiger partial charge in [-0.05, 0) is 79.2 Å². The number of fused-ring (bicyclic) bond motifs is 1. The Morgan fingerprint density at radius 2 is 1.48 bits per heavy atom. The van der Waals surface area contributed by atoms with Crippen molar-refractivity contribution in [2.45, 2.75) is 22.3 Å². The molecular formula is C46H48N6O7S2. The van der Waals surface area contributed by atoms with Gasteiger partial charge in [-0.25, -0.2) is 17.9 Å². The molecule has 0 spiro atoms. The predicted molar refractivity (Wildman–Crippen MR) is 240 cm³/mol. The number of nitrogens with one attached hydrogen (secondary N) is 2. The maximum Gasteiger partial charge on any atom is 0.340 e. The van der Waals surface area contributed by atoms with Gasteiger partial charge >= 0.3 is 5.97 Å². The number of thioether (sulfide) groups is 1. The third-order valence-corrected chi connectivity index (χ3v) is 13.2. The van der Waals surface area contributed by atoms with Gasteiger partial charge in [-0.3, -0.25) is 19.8 Å². The molecule has 2 aliphatic rings. The number of ether oxygens (including phenoxy) is 1. The standard InChI is InChI=1S/C46H48N6O7S2/c1-49-23-21-37(33-60-39-15-9-4-10-16-39)47-44-42(46(54)59-30-29-49)31-40(32-43(44)52(55)56)61(57,58)48-45(53)36-17-19-38(20-18-36)51-27-25-50(26-28-51)24-22-41(34-11-5-2-6-12-34)35-13-7-3-8-14-35/h2-20,22,31-32,37,47H,21,23-30,33H2,1H3,(H,48,53). The number of piperazine rings is 1. The van der Waals surface area contributed by atoms with E-state index in [0.29, 0.717) is 25.3 Å². The Morgan fingerprint density at radius 3 is 2.10 bits per heavy atom. The molecule has 0 saturated carbocycles. The highest BCUT2D eigenvalue weighted by Gasteiger charge is 2.32. The number of carbonyl (C=O) groups is 2. The van der Waals surface area contributed by atoms with E-state index in [1.807, 2.05) is 83.4 Å². The molecule has 1 unspecified atom stereocenters. The molecule has 1 amide bonds. The van der Waals surface area contributed by atoms with Crippen LogP contribution in [0.2, 0.25) is 0 Å². The van der Waals surface area contributed by atoms with E-state index < -0.39 is 37.4 Å². The van der Waals surface area contributed by atoms with Gasteiger partial charge in [0.2, 0.25) is 0 Å². The molecule has 5 aromatic rings. The number of nitro benzene ring substituents is 1. The smallest absolute Gasteiger partial charge is 0.340 e. The molecule has 0 aromatic heterocycles. The van der Waals surface area contributed by atoms with Crippen molar-refractivity contribution in [1.29, 1.82) is 0 Å². The molecule has 316 valence electrons. The van der Waals surface area contributed by atoms with Crippen molar-refractivity contribution < 1.29 is 27.7 Å². The number of carbonyl (C=O) groups excluding carboxylic acids is 2. The summed E-state index contributed by atoms with van der Waals surface area (Å²) >= 11 is 1.56. The van der Waals surface area contributed by atoms with Crippen molar-refractivity contribution >= 4 is 56.3 Å². The van der Waals surface area contributed by atoms with Gasteiger partial charge < -0.3 is 19.9 Å². The third kappa shape index (κ3) is 11.2. The fourth-order valence-electron chi connectivity index (χ4n) is 7.30.